The molecular weight excluding hydrogens is 556 g/mol. The predicted octanol–water partition coefficient (Wildman–Crippen LogP) is 12.1. The van der Waals surface area contributed by atoms with Gasteiger partial charge in [0.15, 0.2) is 0 Å². The third-order valence-electron chi connectivity index (χ3n) is 9.48. The van der Waals surface area contributed by atoms with Crippen LogP contribution in [0.3, 0.4) is 0 Å². The second kappa shape index (κ2) is 27.8. The molecule has 2 aliphatic rings. The molecule has 5 heteroatoms. The van der Waals surface area contributed by atoms with Crippen LogP contribution in [0.1, 0.15) is 181 Å². The molecular formula is C40H74N2O3. The first kappa shape index (κ1) is 39.9. The maximum Gasteiger partial charge on any atom is 0.265 e. The third-order valence-corrected chi connectivity index (χ3v) is 9.48. The highest BCUT2D eigenvalue weighted by Crippen LogP contribution is 2.25. The van der Waals surface area contributed by atoms with Gasteiger partial charge in [-0.1, -0.05) is 168 Å². The molecule has 2 aliphatic heterocycles. The minimum atomic E-state index is -0.469. The van der Waals surface area contributed by atoms with E-state index in [2.05, 4.69) is 37.7 Å². The lowest BCUT2D eigenvalue weighted by Crippen LogP contribution is -2.48. The molecule has 0 radical (unpaired) electrons. The van der Waals surface area contributed by atoms with Gasteiger partial charge in [0.1, 0.15) is 11.5 Å². The molecule has 3 rings (SSSR count). The van der Waals surface area contributed by atoms with Crippen LogP contribution in [0.15, 0.2) is 24.3 Å². The minimum Gasteiger partial charge on any atom is -0.451 e. The molecule has 0 aliphatic carbocycles. The van der Waals surface area contributed by atoms with Gasteiger partial charge in [0, 0.05) is 13.1 Å². The second-order valence-electron chi connectivity index (χ2n) is 13.9. The SMILES string of the molecule is CCCCCCCCCCCCCCCN(C)C1Oc2ccc(cc2)OC(N(C)CCCCCCCCCCCCCCC)O1. The lowest BCUT2D eigenvalue weighted by atomic mass is 10.0. The van der Waals surface area contributed by atoms with Gasteiger partial charge in [0.25, 0.3) is 12.8 Å². The summed E-state index contributed by atoms with van der Waals surface area (Å²) in [5, 5.41) is 0. The van der Waals surface area contributed by atoms with E-state index in [4.69, 9.17) is 14.2 Å². The van der Waals surface area contributed by atoms with Gasteiger partial charge in [-0.15, -0.1) is 0 Å². The number of unbranched alkanes of at least 4 members (excludes halogenated alkanes) is 24. The van der Waals surface area contributed by atoms with E-state index in [0.29, 0.717) is 0 Å². The first-order chi connectivity index (χ1) is 22.1. The van der Waals surface area contributed by atoms with Crippen molar-refractivity contribution in [2.24, 2.45) is 0 Å². The van der Waals surface area contributed by atoms with E-state index in [1.165, 1.54) is 154 Å². The first-order valence-corrected chi connectivity index (χ1v) is 19.6. The molecule has 0 aromatic heterocycles. The van der Waals surface area contributed by atoms with Crippen molar-refractivity contribution in [1.29, 1.82) is 0 Å². The summed E-state index contributed by atoms with van der Waals surface area (Å²) in [4.78, 5) is 4.40. The van der Waals surface area contributed by atoms with Gasteiger partial charge in [-0.25, -0.2) is 9.80 Å². The summed E-state index contributed by atoms with van der Waals surface area (Å²) in [7, 11) is 4.22. The zero-order valence-corrected chi connectivity index (χ0v) is 30.4. The van der Waals surface area contributed by atoms with Crippen molar-refractivity contribution in [2.75, 3.05) is 27.2 Å². The summed E-state index contributed by atoms with van der Waals surface area (Å²) in [6, 6.07) is 7.94. The fraction of sp³-hybridized carbons (Fsp3) is 0.850. The van der Waals surface area contributed by atoms with Crippen LogP contribution in [-0.4, -0.2) is 49.8 Å². The molecule has 45 heavy (non-hydrogen) atoms. The van der Waals surface area contributed by atoms with Gasteiger partial charge >= 0.3 is 0 Å². The standard InChI is InChI=1S/C40H74N2O3/c1-5-7-9-11-13-15-17-19-21-23-25-27-29-35-41(3)39-43-37-31-33-38(34-32-37)44-40(45-39)42(4)36-30-28-26-24-22-20-18-16-14-12-10-8-6-2/h31-34,39-40H,5-30,35-36H2,1-4H3. The highest BCUT2D eigenvalue weighted by molar-refractivity contribution is 5.31. The van der Waals surface area contributed by atoms with E-state index < -0.39 is 12.8 Å². The molecule has 0 saturated carbocycles. The summed E-state index contributed by atoms with van der Waals surface area (Å²) in [6.45, 7) is 6.49. The molecule has 2 unspecified atom stereocenters. The van der Waals surface area contributed by atoms with Crippen molar-refractivity contribution >= 4 is 0 Å². The maximum absolute atomic E-state index is 6.49. The lowest BCUT2D eigenvalue weighted by Gasteiger charge is -2.34. The molecule has 2 bridgehead atoms. The Bertz CT molecular complexity index is 710. The zero-order valence-electron chi connectivity index (χ0n) is 30.4. The average molecular weight is 631 g/mol. The fourth-order valence-corrected chi connectivity index (χ4v) is 6.34. The molecule has 5 nitrogen and oxygen atoms in total. The van der Waals surface area contributed by atoms with E-state index in [1.807, 2.05) is 24.3 Å². The van der Waals surface area contributed by atoms with Crippen molar-refractivity contribution in [3.8, 4) is 11.5 Å². The van der Waals surface area contributed by atoms with Crippen LogP contribution in [0.2, 0.25) is 0 Å². The fourth-order valence-electron chi connectivity index (χ4n) is 6.34. The minimum absolute atomic E-state index is 0.469. The Balaban J connectivity index is 1.59. The number of nitrogens with zero attached hydrogens (tertiary/aromatic N) is 2. The molecule has 0 fully saturated rings. The van der Waals surface area contributed by atoms with Gasteiger partial charge < -0.3 is 9.47 Å². The number of hydrogen-bond donors (Lipinski definition) is 0. The molecule has 2 atom stereocenters. The lowest BCUT2D eigenvalue weighted by molar-refractivity contribution is -0.278. The van der Waals surface area contributed by atoms with Gasteiger partial charge in [-0.05, 0) is 51.2 Å². The first-order valence-electron chi connectivity index (χ1n) is 19.6. The largest absolute Gasteiger partial charge is 0.451 e. The predicted molar refractivity (Wildman–Crippen MR) is 193 cm³/mol. The van der Waals surface area contributed by atoms with Crippen molar-refractivity contribution in [3.05, 3.63) is 24.3 Å². The molecule has 0 N–H and O–H groups in total. The Kier molecular flexibility index (Phi) is 24.6. The van der Waals surface area contributed by atoms with Crippen molar-refractivity contribution in [1.82, 2.24) is 9.80 Å². The number of fused-ring (bicyclic) bond motifs is 6. The highest BCUT2D eigenvalue weighted by atomic mass is 16.8. The molecule has 0 saturated heterocycles. The van der Waals surface area contributed by atoms with Crippen molar-refractivity contribution in [3.63, 3.8) is 0 Å². The van der Waals surface area contributed by atoms with Gasteiger partial charge in [-0.3, -0.25) is 4.74 Å². The van der Waals surface area contributed by atoms with Crippen LogP contribution >= 0.6 is 0 Å². The van der Waals surface area contributed by atoms with Crippen LogP contribution in [0.4, 0.5) is 0 Å². The van der Waals surface area contributed by atoms with Crippen LogP contribution < -0.4 is 9.47 Å². The third kappa shape index (κ3) is 20.5. The average Bonchev–Trinajstić information content (AvgIpc) is 3.20. The Morgan fingerprint density at radius 2 is 0.644 bits per heavy atom. The Labute approximate surface area is 280 Å². The Hall–Kier alpha value is -1.30. The van der Waals surface area contributed by atoms with Crippen molar-refractivity contribution < 1.29 is 14.2 Å². The molecule has 1 aromatic carbocycles. The monoisotopic (exact) mass is 631 g/mol. The second-order valence-corrected chi connectivity index (χ2v) is 13.9. The summed E-state index contributed by atoms with van der Waals surface area (Å²) in [5.41, 5.74) is 0. The number of rotatable bonds is 30. The van der Waals surface area contributed by atoms with E-state index in [0.717, 1.165) is 37.4 Å². The highest BCUT2D eigenvalue weighted by Gasteiger charge is 2.28. The Morgan fingerprint density at radius 3 is 0.911 bits per heavy atom. The van der Waals surface area contributed by atoms with Crippen LogP contribution in [0.25, 0.3) is 0 Å². The molecule has 262 valence electrons. The van der Waals surface area contributed by atoms with E-state index in [1.54, 1.807) is 0 Å². The molecule has 1 aromatic rings. The molecule has 0 spiro atoms. The quantitative estimate of drug-likeness (QED) is 0.0790. The van der Waals surface area contributed by atoms with Gasteiger partial charge in [0.2, 0.25) is 0 Å². The topological polar surface area (TPSA) is 34.2 Å². The van der Waals surface area contributed by atoms with Crippen LogP contribution in [0, 0.1) is 0 Å². The number of ether oxygens (including phenoxy) is 3. The molecule has 0 amide bonds. The van der Waals surface area contributed by atoms with Crippen molar-refractivity contribution in [2.45, 2.75) is 194 Å². The summed E-state index contributed by atoms with van der Waals surface area (Å²) in [6.07, 6.45) is 34.7. The van der Waals surface area contributed by atoms with Gasteiger partial charge in [0.05, 0.1) is 0 Å². The summed E-state index contributed by atoms with van der Waals surface area (Å²) < 4.78 is 19.1. The smallest absolute Gasteiger partial charge is 0.265 e. The molecule has 2 heterocycles. The number of benzene rings is 1. The van der Waals surface area contributed by atoms with E-state index in [-0.39, 0.29) is 0 Å². The maximum atomic E-state index is 6.49. The van der Waals surface area contributed by atoms with Gasteiger partial charge in [-0.2, -0.15) is 0 Å². The van der Waals surface area contributed by atoms with Crippen LogP contribution in [0.5, 0.6) is 11.5 Å². The van der Waals surface area contributed by atoms with E-state index in [9.17, 15) is 0 Å². The normalized spacial score (nSPS) is 16.5. The Morgan fingerprint density at radius 1 is 0.400 bits per heavy atom. The summed E-state index contributed by atoms with van der Waals surface area (Å²) in [5.74, 6) is 1.65. The van der Waals surface area contributed by atoms with E-state index >= 15 is 0 Å². The number of hydrogen-bond acceptors (Lipinski definition) is 5. The summed E-state index contributed by atoms with van der Waals surface area (Å²) >= 11 is 0. The van der Waals surface area contributed by atoms with Crippen LogP contribution in [-0.2, 0) is 4.74 Å². The zero-order chi connectivity index (χ0) is 32.2.